The number of aryl methyl sites for hydroxylation is 1. The molecule has 0 atom stereocenters. The molecule has 4 heteroatoms. The Morgan fingerprint density at radius 1 is 1.07 bits per heavy atom. The average Bonchev–Trinajstić information content (AvgIpc) is 3.05. The highest BCUT2D eigenvalue weighted by Crippen LogP contribution is 2.30. The first kappa shape index (κ1) is 20.7. The molecule has 30 heavy (non-hydrogen) atoms. The predicted octanol–water partition coefficient (Wildman–Crippen LogP) is 5.14. The summed E-state index contributed by atoms with van der Waals surface area (Å²) in [6.07, 6.45) is 8.27. The highest BCUT2D eigenvalue weighted by atomic mass is 16.2. The standard InChI is InChI=1S/C26H33N3O/c1-26(2,3)25(30)28-20-10-8-9-19(17-20)18-27-15-14-22-21-11-4-5-12-23(21)29-16-7-6-13-24(22)29/h6-10,13,16-17,27H,4-5,11-12,14-15,18H2,1-3H3,(H,28,30). The minimum absolute atomic E-state index is 0.0398. The molecule has 1 aromatic carbocycles. The molecule has 2 N–H and O–H groups in total. The Bertz CT molecular complexity index is 1040. The van der Waals surface area contributed by atoms with E-state index in [-0.39, 0.29) is 5.91 Å². The van der Waals surface area contributed by atoms with Gasteiger partial charge in [0.1, 0.15) is 0 Å². The van der Waals surface area contributed by atoms with Crippen LogP contribution in [-0.4, -0.2) is 16.9 Å². The molecule has 0 spiro atoms. The maximum Gasteiger partial charge on any atom is 0.229 e. The van der Waals surface area contributed by atoms with Crippen molar-refractivity contribution in [3.8, 4) is 0 Å². The zero-order chi connectivity index (χ0) is 21.1. The quantitative estimate of drug-likeness (QED) is 0.560. The van der Waals surface area contributed by atoms with Crippen LogP contribution in [0.2, 0.25) is 0 Å². The fraction of sp³-hybridized carbons (Fsp3) is 0.423. The molecule has 0 saturated carbocycles. The molecule has 4 rings (SSSR count). The van der Waals surface area contributed by atoms with Crippen LogP contribution in [0.25, 0.3) is 5.52 Å². The maximum absolute atomic E-state index is 12.2. The second-order valence-electron chi connectivity index (χ2n) is 9.40. The molecule has 0 radical (unpaired) electrons. The largest absolute Gasteiger partial charge is 0.326 e. The van der Waals surface area contributed by atoms with Crippen LogP contribution in [0.4, 0.5) is 5.69 Å². The lowest BCUT2D eigenvalue weighted by atomic mass is 9.93. The van der Waals surface area contributed by atoms with Crippen LogP contribution in [0.5, 0.6) is 0 Å². The van der Waals surface area contributed by atoms with Gasteiger partial charge in [0, 0.05) is 35.1 Å². The number of amides is 1. The van der Waals surface area contributed by atoms with E-state index in [1.807, 2.05) is 32.9 Å². The highest BCUT2D eigenvalue weighted by molar-refractivity contribution is 5.94. The monoisotopic (exact) mass is 403 g/mol. The molecular weight excluding hydrogens is 370 g/mol. The number of rotatable bonds is 6. The van der Waals surface area contributed by atoms with Crippen LogP contribution < -0.4 is 10.6 Å². The summed E-state index contributed by atoms with van der Waals surface area (Å²) < 4.78 is 2.41. The lowest BCUT2D eigenvalue weighted by Crippen LogP contribution is -2.27. The number of anilines is 1. The molecule has 1 amide bonds. The van der Waals surface area contributed by atoms with Crippen LogP contribution in [0.15, 0.2) is 48.7 Å². The molecule has 0 fully saturated rings. The molecule has 3 aromatic rings. The number of nitrogens with one attached hydrogen (secondary N) is 2. The highest BCUT2D eigenvalue weighted by Gasteiger charge is 2.21. The minimum atomic E-state index is -0.395. The second-order valence-corrected chi connectivity index (χ2v) is 9.40. The summed E-state index contributed by atoms with van der Waals surface area (Å²) in [6, 6.07) is 14.7. The van der Waals surface area contributed by atoms with Crippen molar-refractivity contribution in [2.75, 3.05) is 11.9 Å². The molecule has 158 valence electrons. The van der Waals surface area contributed by atoms with Crippen LogP contribution in [-0.2, 0) is 30.6 Å². The van der Waals surface area contributed by atoms with Crippen molar-refractivity contribution in [1.29, 1.82) is 0 Å². The van der Waals surface area contributed by atoms with Gasteiger partial charge >= 0.3 is 0 Å². The Hall–Kier alpha value is -2.59. The minimum Gasteiger partial charge on any atom is -0.326 e. The summed E-state index contributed by atoms with van der Waals surface area (Å²) in [7, 11) is 0. The number of benzene rings is 1. The van der Waals surface area contributed by atoms with Gasteiger partial charge in [-0.15, -0.1) is 0 Å². The van der Waals surface area contributed by atoms with E-state index in [0.717, 1.165) is 25.2 Å². The number of hydrogen-bond acceptors (Lipinski definition) is 2. The Labute approximate surface area is 179 Å². The molecule has 0 saturated heterocycles. The van der Waals surface area contributed by atoms with Crippen molar-refractivity contribution in [3.63, 3.8) is 0 Å². The predicted molar refractivity (Wildman–Crippen MR) is 124 cm³/mol. The molecule has 0 unspecified atom stereocenters. The SMILES string of the molecule is CC(C)(C)C(=O)Nc1cccc(CNCCc2c3c(n4ccccc24)CCCC3)c1. The van der Waals surface area contributed by atoms with Gasteiger partial charge in [0.15, 0.2) is 0 Å². The molecule has 2 aromatic heterocycles. The number of carbonyl (C=O) groups excluding carboxylic acids is 1. The summed E-state index contributed by atoms with van der Waals surface area (Å²) in [5, 5.41) is 6.62. The molecule has 0 bridgehead atoms. The Morgan fingerprint density at radius 3 is 2.73 bits per heavy atom. The van der Waals surface area contributed by atoms with Crippen LogP contribution >= 0.6 is 0 Å². The van der Waals surface area contributed by atoms with Gasteiger partial charge in [0.25, 0.3) is 0 Å². The molecule has 0 aliphatic heterocycles. The van der Waals surface area contributed by atoms with Crippen molar-refractivity contribution < 1.29 is 4.79 Å². The van der Waals surface area contributed by atoms with Gasteiger partial charge in [0.2, 0.25) is 5.91 Å². The maximum atomic E-state index is 12.2. The Kier molecular flexibility index (Phi) is 5.96. The fourth-order valence-electron chi connectivity index (χ4n) is 4.36. The van der Waals surface area contributed by atoms with Crippen molar-refractivity contribution in [3.05, 3.63) is 71.0 Å². The van der Waals surface area contributed by atoms with Gasteiger partial charge in [-0.3, -0.25) is 4.79 Å². The molecular formula is C26H33N3O. The smallest absolute Gasteiger partial charge is 0.229 e. The van der Waals surface area contributed by atoms with E-state index < -0.39 is 5.41 Å². The number of carbonyl (C=O) groups is 1. The van der Waals surface area contributed by atoms with Crippen LogP contribution in [0.3, 0.4) is 0 Å². The van der Waals surface area contributed by atoms with Crippen molar-refractivity contribution in [2.24, 2.45) is 5.41 Å². The van der Waals surface area contributed by atoms with E-state index in [9.17, 15) is 4.79 Å². The normalized spacial score (nSPS) is 14.0. The van der Waals surface area contributed by atoms with Crippen LogP contribution in [0, 0.1) is 5.41 Å². The summed E-state index contributed by atoms with van der Waals surface area (Å²) >= 11 is 0. The van der Waals surface area contributed by atoms with Gasteiger partial charge < -0.3 is 15.0 Å². The summed E-state index contributed by atoms with van der Waals surface area (Å²) in [5.41, 5.74) is 7.65. The first-order valence-corrected chi connectivity index (χ1v) is 11.1. The lowest BCUT2D eigenvalue weighted by molar-refractivity contribution is -0.123. The molecule has 4 nitrogen and oxygen atoms in total. The van der Waals surface area contributed by atoms with E-state index in [4.69, 9.17) is 0 Å². The number of aromatic nitrogens is 1. The lowest BCUT2D eigenvalue weighted by Gasteiger charge is -2.18. The third-order valence-electron chi connectivity index (χ3n) is 6.01. The van der Waals surface area contributed by atoms with E-state index >= 15 is 0 Å². The van der Waals surface area contributed by atoms with Gasteiger partial charge in [-0.05, 0) is 79.6 Å². The van der Waals surface area contributed by atoms with Gasteiger partial charge in [-0.1, -0.05) is 39.0 Å². The number of hydrogen-bond donors (Lipinski definition) is 2. The van der Waals surface area contributed by atoms with Crippen molar-refractivity contribution in [2.45, 2.75) is 59.4 Å². The Morgan fingerprint density at radius 2 is 1.90 bits per heavy atom. The summed E-state index contributed by atoms with van der Waals surface area (Å²) in [5.74, 6) is 0.0398. The number of nitrogens with zero attached hydrogens (tertiary/aromatic N) is 1. The zero-order valence-corrected chi connectivity index (χ0v) is 18.4. The number of fused-ring (bicyclic) bond motifs is 3. The summed E-state index contributed by atoms with van der Waals surface area (Å²) in [4.78, 5) is 12.2. The van der Waals surface area contributed by atoms with E-state index in [1.54, 1.807) is 5.56 Å². The molecule has 2 heterocycles. The van der Waals surface area contributed by atoms with E-state index in [2.05, 4.69) is 51.6 Å². The van der Waals surface area contributed by atoms with Crippen molar-refractivity contribution in [1.82, 2.24) is 9.72 Å². The van der Waals surface area contributed by atoms with Crippen LogP contribution in [0.1, 0.15) is 56.0 Å². The second kappa shape index (κ2) is 8.65. The number of pyridine rings is 1. The average molecular weight is 404 g/mol. The van der Waals surface area contributed by atoms with Gasteiger partial charge in [-0.25, -0.2) is 0 Å². The topological polar surface area (TPSA) is 45.5 Å². The van der Waals surface area contributed by atoms with E-state index in [0.29, 0.717) is 0 Å². The fourth-order valence-corrected chi connectivity index (χ4v) is 4.36. The Balaban J connectivity index is 1.38. The molecule has 1 aliphatic rings. The first-order valence-electron chi connectivity index (χ1n) is 11.1. The third kappa shape index (κ3) is 4.44. The first-order chi connectivity index (χ1) is 14.4. The molecule has 1 aliphatic carbocycles. The third-order valence-corrected chi connectivity index (χ3v) is 6.01. The summed E-state index contributed by atoms with van der Waals surface area (Å²) in [6.45, 7) is 7.53. The van der Waals surface area contributed by atoms with E-state index in [1.165, 1.54) is 48.0 Å². The zero-order valence-electron chi connectivity index (χ0n) is 18.4. The van der Waals surface area contributed by atoms with Gasteiger partial charge in [0.05, 0.1) is 0 Å². The van der Waals surface area contributed by atoms with Crippen molar-refractivity contribution >= 4 is 17.1 Å². The van der Waals surface area contributed by atoms with Gasteiger partial charge in [-0.2, -0.15) is 0 Å².